The molecule has 0 rings (SSSR count). The van der Waals surface area contributed by atoms with E-state index >= 15 is 0 Å². The first-order chi connectivity index (χ1) is 5.83. The summed E-state index contributed by atoms with van der Waals surface area (Å²) in [4.78, 5) is 11.2. The van der Waals surface area contributed by atoms with Crippen LogP contribution in [0.3, 0.4) is 0 Å². The second-order valence-corrected chi connectivity index (χ2v) is 4.67. The normalized spacial score (nSPS) is 10.9. The number of hydrogen-bond donors (Lipinski definition) is 0. The SMILES string of the molecule is CC(C)C(=O)CCC#CC(C)(C)C. The largest absolute Gasteiger partial charge is 0.299 e. The highest BCUT2D eigenvalue weighted by Crippen LogP contribution is 2.10. The lowest BCUT2D eigenvalue weighted by Crippen LogP contribution is -2.06. The van der Waals surface area contributed by atoms with Crippen molar-refractivity contribution < 1.29 is 4.79 Å². The third-order valence-corrected chi connectivity index (χ3v) is 1.60. The van der Waals surface area contributed by atoms with Crippen LogP contribution in [0.2, 0.25) is 0 Å². The van der Waals surface area contributed by atoms with Crippen LogP contribution in [0.15, 0.2) is 0 Å². The van der Waals surface area contributed by atoms with Crippen LogP contribution in [0.5, 0.6) is 0 Å². The third kappa shape index (κ3) is 7.59. The van der Waals surface area contributed by atoms with E-state index in [4.69, 9.17) is 0 Å². The van der Waals surface area contributed by atoms with Gasteiger partial charge in [-0.2, -0.15) is 0 Å². The Morgan fingerprint density at radius 2 is 1.85 bits per heavy atom. The molecule has 0 amide bonds. The van der Waals surface area contributed by atoms with Crippen LogP contribution in [0.25, 0.3) is 0 Å². The maximum absolute atomic E-state index is 11.2. The average Bonchev–Trinajstić information content (AvgIpc) is 1.95. The van der Waals surface area contributed by atoms with E-state index in [0.29, 0.717) is 18.6 Å². The molecule has 0 saturated heterocycles. The van der Waals surface area contributed by atoms with E-state index in [2.05, 4.69) is 32.6 Å². The number of hydrogen-bond acceptors (Lipinski definition) is 1. The molecule has 0 aliphatic rings. The van der Waals surface area contributed by atoms with Crippen molar-refractivity contribution in [3.8, 4) is 11.8 Å². The van der Waals surface area contributed by atoms with Crippen molar-refractivity contribution in [1.29, 1.82) is 0 Å². The van der Waals surface area contributed by atoms with Gasteiger partial charge in [0.15, 0.2) is 0 Å². The van der Waals surface area contributed by atoms with E-state index in [1.165, 1.54) is 0 Å². The first-order valence-corrected chi connectivity index (χ1v) is 4.85. The molecule has 0 bridgehead atoms. The molecule has 0 radical (unpaired) electrons. The van der Waals surface area contributed by atoms with Crippen molar-refractivity contribution in [1.82, 2.24) is 0 Å². The van der Waals surface area contributed by atoms with E-state index < -0.39 is 0 Å². The summed E-state index contributed by atoms with van der Waals surface area (Å²) in [5.41, 5.74) is 0.0564. The molecule has 0 unspecified atom stereocenters. The lowest BCUT2D eigenvalue weighted by molar-refractivity contribution is -0.121. The molecular formula is C12H20O. The molecule has 0 atom stereocenters. The van der Waals surface area contributed by atoms with Crippen molar-refractivity contribution in [3.05, 3.63) is 0 Å². The predicted octanol–water partition coefficient (Wildman–Crippen LogP) is 3.04. The molecule has 1 nitrogen and oxygen atoms in total. The third-order valence-electron chi connectivity index (χ3n) is 1.60. The number of Topliss-reactive ketones (excluding diaryl/α,β-unsaturated/α-hetero) is 1. The average molecular weight is 180 g/mol. The van der Waals surface area contributed by atoms with Gasteiger partial charge in [0.2, 0.25) is 0 Å². The smallest absolute Gasteiger partial charge is 0.136 e. The first kappa shape index (κ1) is 12.2. The maximum atomic E-state index is 11.2. The van der Waals surface area contributed by atoms with Crippen molar-refractivity contribution >= 4 is 5.78 Å². The molecule has 74 valence electrons. The summed E-state index contributed by atoms with van der Waals surface area (Å²) < 4.78 is 0. The first-order valence-electron chi connectivity index (χ1n) is 4.85. The van der Waals surface area contributed by atoms with Gasteiger partial charge in [0.25, 0.3) is 0 Å². The molecule has 0 fully saturated rings. The van der Waals surface area contributed by atoms with Crippen LogP contribution in [0.4, 0.5) is 0 Å². The van der Waals surface area contributed by atoms with Crippen molar-refractivity contribution in [2.45, 2.75) is 47.5 Å². The molecule has 0 aliphatic heterocycles. The van der Waals surface area contributed by atoms with Gasteiger partial charge in [-0.1, -0.05) is 19.8 Å². The van der Waals surface area contributed by atoms with E-state index in [9.17, 15) is 4.79 Å². The van der Waals surface area contributed by atoms with Crippen LogP contribution in [0, 0.1) is 23.2 Å². The van der Waals surface area contributed by atoms with Crippen molar-refractivity contribution in [3.63, 3.8) is 0 Å². The monoisotopic (exact) mass is 180 g/mol. The Labute approximate surface area is 81.9 Å². The summed E-state index contributed by atoms with van der Waals surface area (Å²) in [5.74, 6) is 6.61. The van der Waals surface area contributed by atoms with Crippen LogP contribution < -0.4 is 0 Å². The molecule has 0 saturated carbocycles. The lowest BCUT2D eigenvalue weighted by Gasteiger charge is -2.06. The number of ketones is 1. The second-order valence-electron chi connectivity index (χ2n) is 4.67. The summed E-state index contributed by atoms with van der Waals surface area (Å²) in [6, 6.07) is 0. The van der Waals surface area contributed by atoms with Crippen LogP contribution in [-0.4, -0.2) is 5.78 Å². The number of rotatable bonds is 3. The molecule has 0 aromatic carbocycles. The van der Waals surface area contributed by atoms with Gasteiger partial charge in [-0.3, -0.25) is 4.79 Å². The molecular weight excluding hydrogens is 160 g/mol. The van der Waals surface area contributed by atoms with Gasteiger partial charge in [-0.05, 0) is 20.8 Å². The van der Waals surface area contributed by atoms with Gasteiger partial charge in [0, 0.05) is 24.2 Å². The molecule has 13 heavy (non-hydrogen) atoms. The van der Waals surface area contributed by atoms with Crippen molar-refractivity contribution in [2.75, 3.05) is 0 Å². The second kappa shape index (κ2) is 5.07. The topological polar surface area (TPSA) is 17.1 Å². The molecule has 0 aliphatic carbocycles. The minimum atomic E-state index is 0.0564. The van der Waals surface area contributed by atoms with Gasteiger partial charge in [-0.15, -0.1) is 5.92 Å². The molecule has 0 heterocycles. The Hall–Kier alpha value is -0.770. The number of carbonyl (C=O) groups is 1. The molecule has 0 aromatic heterocycles. The molecule has 1 heteroatoms. The fourth-order valence-electron chi connectivity index (χ4n) is 0.802. The minimum absolute atomic E-state index is 0.0564. The zero-order chi connectivity index (χ0) is 10.5. The standard InChI is InChI=1S/C12H20O/c1-10(2)11(13)8-6-7-9-12(3,4)5/h10H,6,8H2,1-5H3. The van der Waals surface area contributed by atoms with E-state index in [1.807, 2.05) is 13.8 Å². The lowest BCUT2D eigenvalue weighted by atomic mass is 9.97. The van der Waals surface area contributed by atoms with E-state index in [-0.39, 0.29) is 11.3 Å². The minimum Gasteiger partial charge on any atom is -0.299 e. The van der Waals surface area contributed by atoms with Crippen molar-refractivity contribution in [2.24, 2.45) is 11.3 Å². The van der Waals surface area contributed by atoms with Gasteiger partial charge in [-0.25, -0.2) is 0 Å². The van der Waals surface area contributed by atoms with E-state index in [0.717, 1.165) is 0 Å². The Bertz CT molecular complexity index is 220. The zero-order valence-corrected chi connectivity index (χ0v) is 9.40. The summed E-state index contributed by atoms with van der Waals surface area (Å²) in [5, 5.41) is 0. The molecule has 0 aromatic rings. The quantitative estimate of drug-likeness (QED) is 0.610. The highest BCUT2D eigenvalue weighted by atomic mass is 16.1. The van der Waals surface area contributed by atoms with Crippen LogP contribution in [-0.2, 0) is 4.79 Å². The summed E-state index contributed by atoms with van der Waals surface area (Å²) >= 11 is 0. The summed E-state index contributed by atoms with van der Waals surface area (Å²) in [6.45, 7) is 10.1. The predicted molar refractivity (Wildman–Crippen MR) is 56.3 cm³/mol. The van der Waals surface area contributed by atoms with Crippen LogP contribution >= 0.6 is 0 Å². The fraction of sp³-hybridized carbons (Fsp3) is 0.750. The number of carbonyl (C=O) groups excluding carboxylic acids is 1. The fourth-order valence-corrected chi connectivity index (χ4v) is 0.802. The Balaban J connectivity index is 3.79. The summed E-state index contributed by atoms with van der Waals surface area (Å²) in [6.07, 6.45) is 1.30. The van der Waals surface area contributed by atoms with Gasteiger partial charge < -0.3 is 0 Å². The molecule has 0 spiro atoms. The van der Waals surface area contributed by atoms with Gasteiger partial charge in [0.05, 0.1) is 0 Å². The van der Waals surface area contributed by atoms with Crippen LogP contribution in [0.1, 0.15) is 47.5 Å². The highest BCUT2D eigenvalue weighted by molar-refractivity contribution is 5.80. The highest BCUT2D eigenvalue weighted by Gasteiger charge is 2.06. The van der Waals surface area contributed by atoms with Gasteiger partial charge in [0.1, 0.15) is 5.78 Å². The Morgan fingerprint density at radius 1 is 1.31 bits per heavy atom. The zero-order valence-electron chi connectivity index (χ0n) is 9.40. The Kier molecular flexibility index (Phi) is 4.77. The van der Waals surface area contributed by atoms with Gasteiger partial charge >= 0.3 is 0 Å². The summed E-state index contributed by atoms with van der Waals surface area (Å²) in [7, 11) is 0. The maximum Gasteiger partial charge on any atom is 0.136 e. The Morgan fingerprint density at radius 3 is 2.23 bits per heavy atom. The molecule has 0 N–H and O–H groups in total. The van der Waals surface area contributed by atoms with E-state index in [1.54, 1.807) is 0 Å².